The molecule has 0 radical (unpaired) electrons. The van der Waals surface area contributed by atoms with Crippen LogP contribution in [0, 0.1) is 13.8 Å². The largest absolute Gasteiger partial charge is 0.383 e. The molecule has 0 saturated heterocycles. The molecular weight excluding hydrogens is 270 g/mol. The molecule has 20 heavy (non-hydrogen) atoms. The molecule has 0 aliphatic heterocycles. The summed E-state index contributed by atoms with van der Waals surface area (Å²) in [6.45, 7) is 6.59. The van der Waals surface area contributed by atoms with E-state index in [1.165, 1.54) is 16.7 Å². The molecule has 1 N–H and O–H groups in total. The molecule has 1 heterocycles. The highest BCUT2D eigenvalue weighted by Crippen LogP contribution is 2.17. The minimum atomic E-state index is 0.717. The van der Waals surface area contributed by atoms with Gasteiger partial charge in [0, 0.05) is 26.6 Å². The van der Waals surface area contributed by atoms with Crippen LogP contribution in [0.4, 0.5) is 0 Å². The summed E-state index contributed by atoms with van der Waals surface area (Å²) in [7, 11) is 1.70. The molecule has 0 unspecified atom stereocenters. The third kappa shape index (κ3) is 4.37. The highest BCUT2D eigenvalue weighted by atomic mass is 32.1. The minimum Gasteiger partial charge on any atom is -0.383 e. The predicted molar refractivity (Wildman–Crippen MR) is 82.2 cm³/mol. The topological polar surface area (TPSA) is 47.0 Å². The van der Waals surface area contributed by atoms with Gasteiger partial charge in [0.15, 0.2) is 0 Å². The van der Waals surface area contributed by atoms with Gasteiger partial charge in [-0.2, -0.15) is 0 Å². The number of nitrogens with zero attached hydrogens (tertiary/aromatic N) is 2. The van der Waals surface area contributed by atoms with Crippen LogP contribution in [0.1, 0.15) is 26.7 Å². The second kappa shape index (κ2) is 7.47. The van der Waals surface area contributed by atoms with Crippen LogP contribution >= 0.6 is 11.3 Å². The molecule has 0 atom stereocenters. The molecule has 0 bridgehead atoms. The smallest absolute Gasteiger partial charge is 0.131 e. The summed E-state index contributed by atoms with van der Waals surface area (Å²) >= 11 is 1.67. The number of methoxy groups -OCH3 is 1. The average Bonchev–Trinajstić information content (AvgIpc) is 2.87. The molecule has 5 heteroatoms. The Bertz CT molecular complexity index is 554. The zero-order chi connectivity index (χ0) is 14.4. The lowest BCUT2D eigenvalue weighted by atomic mass is 10.0. The first-order valence-corrected chi connectivity index (χ1v) is 7.57. The Kier molecular flexibility index (Phi) is 5.64. The quantitative estimate of drug-likeness (QED) is 0.796. The van der Waals surface area contributed by atoms with Gasteiger partial charge < -0.3 is 10.1 Å². The highest BCUT2D eigenvalue weighted by Gasteiger charge is 2.05. The monoisotopic (exact) mass is 291 g/mol. The van der Waals surface area contributed by atoms with Crippen molar-refractivity contribution >= 4 is 11.3 Å². The Morgan fingerprint density at radius 3 is 2.70 bits per heavy atom. The first-order chi connectivity index (χ1) is 9.69. The van der Waals surface area contributed by atoms with E-state index in [0.717, 1.165) is 29.5 Å². The molecule has 0 aliphatic carbocycles. The molecule has 0 saturated carbocycles. The van der Waals surface area contributed by atoms with Gasteiger partial charge in [-0.1, -0.05) is 29.5 Å². The van der Waals surface area contributed by atoms with E-state index >= 15 is 0 Å². The number of nitrogens with one attached hydrogen (secondary N) is 1. The van der Waals surface area contributed by atoms with Crippen molar-refractivity contribution in [3.63, 3.8) is 0 Å². The van der Waals surface area contributed by atoms with Crippen LogP contribution in [0.3, 0.4) is 0 Å². The lowest BCUT2D eigenvalue weighted by molar-refractivity contribution is 0.199. The van der Waals surface area contributed by atoms with Crippen molar-refractivity contribution in [3.05, 3.63) is 44.9 Å². The Balaban J connectivity index is 1.90. The van der Waals surface area contributed by atoms with Gasteiger partial charge in [0.1, 0.15) is 10.0 Å². The van der Waals surface area contributed by atoms with E-state index in [1.54, 1.807) is 18.4 Å². The fourth-order valence-corrected chi connectivity index (χ4v) is 2.74. The molecule has 0 aliphatic rings. The van der Waals surface area contributed by atoms with Crippen LogP contribution < -0.4 is 5.32 Å². The van der Waals surface area contributed by atoms with Gasteiger partial charge in [-0.3, -0.25) is 0 Å². The molecular formula is C15H21N3OS. The molecule has 0 spiro atoms. The summed E-state index contributed by atoms with van der Waals surface area (Å²) in [6.07, 6.45) is 0.858. The van der Waals surface area contributed by atoms with Crippen LogP contribution in [0.2, 0.25) is 0 Å². The van der Waals surface area contributed by atoms with Crippen LogP contribution in [0.25, 0.3) is 0 Å². The molecule has 2 rings (SSSR count). The molecule has 0 fully saturated rings. The van der Waals surface area contributed by atoms with E-state index < -0.39 is 0 Å². The van der Waals surface area contributed by atoms with E-state index in [0.29, 0.717) is 6.61 Å². The summed E-state index contributed by atoms with van der Waals surface area (Å²) in [5, 5.41) is 13.8. The standard InChI is InChI=1S/C15H21N3OS/c1-11-4-5-13(8-12(11)2)9-14-17-18-15(20-14)10-16-6-7-19-3/h4-5,8,16H,6-7,9-10H2,1-3H3. The van der Waals surface area contributed by atoms with E-state index in [2.05, 4.69) is 47.6 Å². The van der Waals surface area contributed by atoms with Gasteiger partial charge in [-0.25, -0.2) is 0 Å². The van der Waals surface area contributed by atoms with Crippen molar-refractivity contribution in [2.24, 2.45) is 0 Å². The fourth-order valence-electron chi connectivity index (χ4n) is 1.89. The van der Waals surface area contributed by atoms with Crippen LogP contribution in [0.15, 0.2) is 18.2 Å². The predicted octanol–water partition coefficient (Wildman–Crippen LogP) is 2.48. The highest BCUT2D eigenvalue weighted by molar-refractivity contribution is 7.11. The van der Waals surface area contributed by atoms with Gasteiger partial charge in [0.25, 0.3) is 0 Å². The molecule has 1 aromatic carbocycles. The lowest BCUT2D eigenvalue weighted by Gasteiger charge is -2.02. The molecule has 0 amide bonds. The zero-order valence-corrected chi connectivity index (χ0v) is 13.1. The Labute approximate surface area is 124 Å². The van der Waals surface area contributed by atoms with Gasteiger partial charge in [-0.15, -0.1) is 10.2 Å². The number of aryl methyl sites for hydroxylation is 2. The Morgan fingerprint density at radius 2 is 1.95 bits per heavy atom. The van der Waals surface area contributed by atoms with Crippen molar-refractivity contribution in [3.8, 4) is 0 Å². The third-order valence-electron chi connectivity index (χ3n) is 3.19. The van der Waals surface area contributed by atoms with Crippen molar-refractivity contribution in [1.29, 1.82) is 0 Å². The third-order valence-corrected chi connectivity index (χ3v) is 4.12. The van der Waals surface area contributed by atoms with E-state index in [1.807, 2.05) is 0 Å². The molecule has 1 aromatic heterocycles. The first kappa shape index (κ1) is 15.1. The van der Waals surface area contributed by atoms with Crippen molar-refractivity contribution in [1.82, 2.24) is 15.5 Å². The fraction of sp³-hybridized carbons (Fsp3) is 0.467. The Hall–Kier alpha value is -1.30. The molecule has 2 aromatic rings. The van der Waals surface area contributed by atoms with Gasteiger partial charge in [0.05, 0.1) is 6.61 Å². The number of hydrogen-bond acceptors (Lipinski definition) is 5. The summed E-state index contributed by atoms with van der Waals surface area (Å²) in [5.41, 5.74) is 3.95. The summed E-state index contributed by atoms with van der Waals surface area (Å²) in [6, 6.07) is 6.56. The summed E-state index contributed by atoms with van der Waals surface area (Å²) < 4.78 is 4.99. The normalized spacial score (nSPS) is 10.9. The number of benzene rings is 1. The number of hydrogen-bond donors (Lipinski definition) is 1. The van der Waals surface area contributed by atoms with Gasteiger partial charge in [-0.05, 0) is 30.5 Å². The maximum Gasteiger partial charge on any atom is 0.131 e. The van der Waals surface area contributed by atoms with Crippen LogP contribution in [-0.4, -0.2) is 30.5 Å². The summed E-state index contributed by atoms with van der Waals surface area (Å²) in [5.74, 6) is 0. The van der Waals surface area contributed by atoms with Gasteiger partial charge in [0.2, 0.25) is 0 Å². The lowest BCUT2D eigenvalue weighted by Crippen LogP contribution is -2.18. The van der Waals surface area contributed by atoms with Crippen molar-refractivity contribution in [2.75, 3.05) is 20.3 Å². The van der Waals surface area contributed by atoms with Crippen LogP contribution in [0.5, 0.6) is 0 Å². The number of ether oxygens (including phenoxy) is 1. The molecule has 108 valence electrons. The zero-order valence-electron chi connectivity index (χ0n) is 12.3. The number of rotatable bonds is 7. The van der Waals surface area contributed by atoms with E-state index in [9.17, 15) is 0 Å². The van der Waals surface area contributed by atoms with E-state index in [4.69, 9.17) is 4.74 Å². The average molecular weight is 291 g/mol. The van der Waals surface area contributed by atoms with Crippen LogP contribution in [-0.2, 0) is 17.7 Å². The SMILES string of the molecule is COCCNCc1nnc(Cc2ccc(C)c(C)c2)s1. The van der Waals surface area contributed by atoms with Crippen molar-refractivity contribution < 1.29 is 4.74 Å². The second-order valence-corrected chi connectivity index (χ2v) is 6.00. The molecule has 4 nitrogen and oxygen atoms in total. The maximum absolute atomic E-state index is 4.99. The minimum absolute atomic E-state index is 0.717. The first-order valence-electron chi connectivity index (χ1n) is 6.76. The number of aromatic nitrogens is 2. The summed E-state index contributed by atoms with van der Waals surface area (Å²) in [4.78, 5) is 0. The van der Waals surface area contributed by atoms with Crippen molar-refractivity contribution in [2.45, 2.75) is 26.8 Å². The van der Waals surface area contributed by atoms with E-state index in [-0.39, 0.29) is 0 Å². The van der Waals surface area contributed by atoms with Gasteiger partial charge >= 0.3 is 0 Å². The second-order valence-electron chi connectivity index (χ2n) is 4.85. The maximum atomic E-state index is 4.99. The Morgan fingerprint density at radius 1 is 1.15 bits per heavy atom.